The van der Waals surface area contributed by atoms with Gasteiger partial charge in [-0.15, -0.1) is 0 Å². The van der Waals surface area contributed by atoms with Crippen LogP contribution in [0.2, 0.25) is 0 Å². The smallest absolute Gasteiger partial charge is 0.217 e. The summed E-state index contributed by atoms with van der Waals surface area (Å²) in [5.41, 5.74) is 6.98. The Labute approximate surface area is 123 Å². The first kappa shape index (κ1) is 15.5. The van der Waals surface area contributed by atoms with Crippen LogP contribution in [-0.4, -0.2) is 50.5 Å². The third-order valence-electron chi connectivity index (χ3n) is 3.41. The average molecular weight is 296 g/mol. The molecule has 0 radical (unpaired) electrons. The lowest BCUT2D eigenvalue weighted by atomic mass is 10.1. The Kier molecular flexibility index (Phi) is 5.32. The standard InChI is InChI=1S/C14H21FN4O2/c1-20-5-6-21-14(17)12-7-11(8-18-13(12)16)19-4-2-3-10(15)9-19/h7-8,10,17H,2-6,9H2,1H3,(H2,16,18). The molecule has 1 atom stereocenters. The van der Waals surface area contributed by atoms with Gasteiger partial charge in [0.15, 0.2) is 0 Å². The molecule has 1 aliphatic rings. The molecule has 7 heteroatoms. The first-order valence-corrected chi connectivity index (χ1v) is 6.97. The number of nitrogens with one attached hydrogen (secondary N) is 1. The average Bonchev–Trinajstić information content (AvgIpc) is 2.48. The van der Waals surface area contributed by atoms with Crippen molar-refractivity contribution in [2.75, 3.05) is 44.0 Å². The molecule has 0 aromatic carbocycles. The normalized spacial score (nSPS) is 18.6. The van der Waals surface area contributed by atoms with Crippen molar-refractivity contribution in [2.45, 2.75) is 19.0 Å². The molecule has 1 fully saturated rings. The molecule has 0 spiro atoms. The fraction of sp³-hybridized carbons (Fsp3) is 0.571. The minimum absolute atomic E-state index is 0.0484. The number of anilines is 2. The van der Waals surface area contributed by atoms with E-state index in [-0.39, 0.29) is 18.3 Å². The number of pyridine rings is 1. The van der Waals surface area contributed by atoms with Crippen LogP contribution in [-0.2, 0) is 9.47 Å². The molecule has 1 unspecified atom stereocenters. The highest BCUT2D eigenvalue weighted by Gasteiger charge is 2.21. The van der Waals surface area contributed by atoms with Crippen LogP contribution in [0, 0.1) is 5.41 Å². The van der Waals surface area contributed by atoms with Gasteiger partial charge in [0.05, 0.1) is 24.1 Å². The lowest BCUT2D eigenvalue weighted by Gasteiger charge is -2.31. The van der Waals surface area contributed by atoms with E-state index in [0.717, 1.165) is 18.7 Å². The third kappa shape index (κ3) is 4.04. The quantitative estimate of drug-likeness (QED) is 0.490. The number of aromatic nitrogens is 1. The Bertz CT molecular complexity index is 498. The summed E-state index contributed by atoms with van der Waals surface area (Å²) in [6.45, 7) is 1.80. The van der Waals surface area contributed by atoms with E-state index in [1.807, 2.05) is 4.90 Å². The zero-order valence-corrected chi connectivity index (χ0v) is 12.1. The molecule has 21 heavy (non-hydrogen) atoms. The highest BCUT2D eigenvalue weighted by Crippen LogP contribution is 2.24. The Morgan fingerprint density at radius 3 is 3.10 bits per heavy atom. The summed E-state index contributed by atoms with van der Waals surface area (Å²) in [6.07, 6.45) is 2.20. The van der Waals surface area contributed by atoms with Gasteiger partial charge in [0.25, 0.3) is 0 Å². The zero-order valence-electron chi connectivity index (χ0n) is 12.1. The summed E-state index contributed by atoms with van der Waals surface area (Å²) in [7, 11) is 1.56. The van der Waals surface area contributed by atoms with Gasteiger partial charge in [-0.05, 0) is 18.9 Å². The van der Waals surface area contributed by atoms with E-state index in [9.17, 15) is 4.39 Å². The topological polar surface area (TPSA) is 84.5 Å². The molecule has 0 amide bonds. The lowest BCUT2D eigenvalue weighted by Crippen LogP contribution is -2.36. The van der Waals surface area contributed by atoms with Crippen LogP contribution in [0.15, 0.2) is 12.3 Å². The Morgan fingerprint density at radius 2 is 2.38 bits per heavy atom. The minimum atomic E-state index is -0.822. The van der Waals surface area contributed by atoms with E-state index >= 15 is 0 Å². The Hall–Kier alpha value is -1.89. The summed E-state index contributed by atoms with van der Waals surface area (Å²) in [5.74, 6) is 0.183. The van der Waals surface area contributed by atoms with E-state index in [4.69, 9.17) is 20.6 Å². The second-order valence-electron chi connectivity index (χ2n) is 4.98. The van der Waals surface area contributed by atoms with Gasteiger partial charge in [0, 0.05) is 20.2 Å². The van der Waals surface area contributed by atoms with Crippen LogP contribution in [0.25, 0.3) is 0 Å². The second kappa shape index (κ2) is 7.21. The number of rotatable bonds is 5. The van der Waals surface area contributed by atoms with Crippen molar-refractivity contribution in [1.29, 1.82) is 5.41 Å². The molecule has 0 aliphatic carbocycles. The van der Waals surface area contributed by atoms with E-state index < -0.39 is 6.17 Å². The van der Waals surface area contributed by atoms with E-state index in [1.54, 1.807) is 19.4 Å². The van der Waals surface area contributed by atoms with Gasteiger partial charge in [-0.25, -0.2) is 9.37 Å². The monoisotopic (exact) mass is 296 g/mol. The molecule has 1 aromatic heterocycles. The predicted octanol–water partition coefficient (Wildman–Crippen LogP) is 1.59. The highest BCUT2D eigenvalue weighted by molar-refractivity contribution is 5.97. The van der Waals surface area contributed by atoms with Crippen molar-refractivity contribution >= 4 is 17.4 Å². The summed E-state index contributed by atoms with van der Waals surface area (Å²) in [4.78, 5) is 6.01. The molecular formula is C14H21FN4O2. The maximum Gasteiger partial charge on any atom is 0.217 e. The van der Waals surface area contributed by atoms with Gasteiger partial charge >= 0.3 is 0 Å². The highest BCUT2D eigenvalue weighted by atomic mass is 19.1. The van der Waals surface area contributed by atoms with Crippen LogP contribution >= 0.6 is 0 Å². The molecule has 1 saturated heterocycles. The number of ether oxygens (including phenoxy) is 2. The fourth-order valence-electron chi connectivity index (χ4n) is 2.28. The number of halogens is 1. The Balaban J connectivity index is 2.11. The van der Waals surface area contributed by atoms with Gasteiger partial charge in [0.2, 0.25) is 5.90 Å². The summed E-state index contributed by atoms with van der Waals surface area (Å²) in [6, 6.07) is 1.73. The second-order valence-corrected chi connectivity index (χ2v) is 4.98. The number of nitrogens with two attached hydrogens (primary N) is 1. The van der Waals surface area contributed by atoms with Crippen molar-refractivity contribution < 1.29 is 13.9 Å². The minimum Gasteiger partial charge on any atom is -0.475 e. The maximum absolute atomic E-state index is 13.5. The number of hydrogen-bond acceptors (Lipinski definition) is 6. The fourth-order valence-corrected chi connectivity index (χ4v) is 2.28. The van der Waals surface area contributed by atoms with Gasteiger partial charge in [0.1, 0.15) is 18.6 Å². The maximum atomic E-state index is 13.5. The van der Waals surface area contributed by atoms with Crippen LogP contribution in [0.5, 0.6) is 0 Å². The zero-order chi connectivity index (χ0) is 15.2. The number of methoxy groups -OCH3 is 1. The first-order chi connectivity index (χ1) is 10.1. The van der Waals surface area contributed by atoms with Crippen molar-refractivity contribution in [3.8, 4) is 0 Å². The van der Waals surface area contributed by atoms with E-state index in [1.165, 1.54) is 0 Å². The van der Waals surface area contributed by atoms with Gasteiger partial charge in [-0.2, -0.15) is 0 Å². The van der Waals surface area contributed by atoms with Crippen molar-refractivity contribution in [3.63, 3.8) is 0 Å². The van der Waals surface area contributed by atoms with Crippen molar-refractivity contribution in [1.82, 2.24) is 4.98 Å². The number of nitrogens with zero attached hydrogens (tertiary/aromatic N) is 2. The molecular weight excluding hydrogens is 275 g/mol. The molecule has 0 bridgehead atoms. The molecule has 2 heterocycles. The van der Waals surface area contributed by atoms with Gasteiger partial charge in [-0.3, -0.25) is 5.41 Å². The number of piperidine rings is 1. The molecule has 3 N–H and O–H groups in total. The molecule has 1 aliphatic heterocycles. The number of hydrogen-bond donors (Lipinski definition) is 2. The van der Waals surface area contributed by atoms with Crippen molar-refractivity contribution in [3.05, 3.63) is 17.8 Å². The molecule has 116 valence electrons. The van der Waals surface area contributed by atoms with E-state index in [2.05, 4.69) is 4.98 Å². The van der Waals surface area contributed by atoms with Crippen molar-refractivity contribution in [2.24, 2.45) is 0 Å². The molecule has 2 rings (SSSR count). The number of alkyl halides is 1. The molecule has 6 nitrogen and oxygen atoms in total. The third-order valence-corrected chi connectivity index (χ3v) is 3.41. The molecule has 0 saturated carbocycles. The predicted molar refractivity (Wildman–Crippen MR) is 79.6 cm³/mol. The lowest BCUT2D eigenvalue weighted by molar-refractivity contribution is 0.141. The summed E-state index contributed by atoms with van der Waals surface area (Å²) >= 11 is 0. The summed E-state index contributed by atoms with van der Waals surface area (Å²) in [5, 5.41) is 7.91. The SMILES string of the molecule is COCCOC(=N)c1cc(N2CCCC(F)C2)cnc1N. The Morgan fingerprint density at radius 1 is 1.57 bits per heavy atom. The molecule has 1 aromatic rings. The number of nitrogen functional groups attached to an aromatic ring is 1. The van der Waals surface area contributed by atoms with Gasteiger partial charge in [-0.1, -0.05) is 0 Å². The largest absolute Gasteiger partial charge is 0.475 e. The van der Waals surface area contributed by atoms with E-state index in [0.29, 0.717) is 25.1 Å². The first-order valence-electron chi connectivity index (χ1n) is 6.97. The van der Waals surface area contributed by atoms with Gasteiger partial charge < -0.3 is 20.1 Å². The van der Waals surface area contributed by atoms with Crippen LogP contribution in [0.4, 0.5) is 15.9 Å². The summed E-state index contributed by atoms with van der Waals surface area (Å²) < 4.78 is 23.6. The van der Waals surface area contributed by atoms with Crippen LogP contribution in [0.3, 0.4) is 0 Å². The van der Waals surface area contributed by atoms with Crippen LogP contribution in [0.1, 0.15) is 18.4 Å². The van der Waals surface area contributed by atoms with Crippen LogP contribution < -0.4 is 10.6 Å².